The Hall–Kier alpha value is -2.43. The van der Waals surface area contributed by atoms with E-state index in [-0.39, 0.29) is 29.3 Å². The van der Waals surface area contributed by atoms with Gasteiger partial charge in [0, 0.05) is 12.3 Å². The van der Waals surface area contributed by atoms with Crippen LogP contribution in [0.5, 0.6) is 0 Å². The summed E-state index contributed by atoms with van der Waals surface area (Å²) in [6, 6.07) is 6.58. The Morgan fingerprint density at radius 1 is 1.00 bits per heavy atom. The second-order valence-corrected chi connectivity index (χ2v) is 5.95. The lowest BCUT2D eigenvalue weighted by molar-refractivity contribution is -0.135. The van der Waals surface area contributed by atoms with Crippen LogP contribution in [0.1, 0.15) is 43.2 Å². The maximum atomic E-state index is 12.3. The molecule has 0 amide bonds. The molecule has 0 unspecified atom stereocenters. The molecule has 0 aromatic heterocycles. The van der Waals surface area contributed by atoms with Crippen LogP contribution >= 0.6 is 0 Å². The number of hydrogen-bond donors (Lipinski definition) is 2. The lowest BCUT2D eigenvalue weighted by Crippen LogP contribution is -2.18. The summed E-state index contributed by atoms with van der Waals surface area (Å²) >= 11 is 0. The van der Waals surface area contributed by atoms with Gasteiger partial charge in [0.05, 0.1) is 11.1 Å². The molecule has 0 bridgehead atoms. The van der Waals surface area contributed by atoms with Crippen LogP contribution in [-0.2, 0) is 14.4 Å². The van der Waals surface area contributed by atoms with Crippen molar-refractivity contribution in [3.8, 4) is 0 Å². The lowest BCUT2D eigenvalue weighted by Gasteiger charge is -2.12. The predicted molar refractivity (Wildman–Crippen MR) is 85.0 cm³/mol. The number of carboxylic acid groups (broad SMARTS) is 2. The molecule has 1 fully saturated rings. The van der Waals surface area contributed by atoms with Gasteiger partial charge in [-0.25, -0.2) is 9.59 Å². The van der Waals surface area contributed by atoms with Gasteiger partial charge in [-0.15, -0.1) is 0 Å². The number of hydrogen-bond acceptors (Lipinski definition) is 3. The summed E-state index contributed by atoms with van der Waals surface area (Å²) in [5.41, 5.74) is 0.610. The monoisotopic (exact) mass is 316 g/mol. The molecule has 0 aliphatic heterocycles. The van der Waals surface area contributed by atoms with Crippen molar-refractivity contribution in [2.45, 2.75) is 39.0 Å². The van der Waals surface area contributed by atoms with Crippen molar-refractivity contribution in [3.05, 3.63) is 41.0 Å². The fourth-order valence-corrected chi connectivity index (χ4v) is 2.98. The van der Waals surface area contributed by atoms with Crippen molar-refractivity contribution in [1.82, 2.24) is 0 Å². The van der Waals surface area contributed by atoms with E-state index in [1.54, 1.807) is 24.3 Å². The molecule has 122 valence electrons. The number of rotatable bonds is 6. The molecule has 1 aromatic rings. The normalized spacial score (nSPS) is 16.0. The fourth-order valence-electron chi connectivity index (χ4n) is 2.98. The van der Waals surface area contributed by atoms with Gasteiger partial charge in [0.1, 0.15) is 5.78 Å². The van der Waals surface area contributed by atoms with Crippen LogP contribution in [0.25, 0.3) is 5.57 Å². The third kappa shape index (κ3) is 4.06. The Morgan fingerprint density at radius 2 is 1.57 bits per heavy atom. The number of benzene rings is 1. The molecule has 23 heavy (non-hydrogen) atoms. The van der Waals surface area contributed by atoms with E-state index in [4.69, 9.17) is 0 Å². The van der Waals surface area contributed by atoms with Crippen LogP contribution in [0.4, 0.5) is 0 Å². The molecule has 2 N–H and O–H groups in total. The highest BCUT2D eigenvalue weighted by Crippen LogP contribution is 2.29. The van der Waals surface area contributed by atoms with Gasteiger partial charge < -0.3 is 10.2 Å². The average Bonchev–Trinajstić information content (AvgIpc) is 3.02. The Kier molecular flexibility index (Phi) is 5.32. The Labute approximate surface area is 134 Å². The van der Waals surface area contributed by atoms with Crippen molar-refractivity contribution in [1.29, 1.82) is 0 Å². The van der Waals surface area contributed by atoms with Crippen molar-refractivity contribution in [3.63, 3.8) is 0 Å². The van der Waals surface area contributed by atoms with E-state index in [9.17, 15) is 24.6 Å². The van der Waals surface area contributed by atoms with E-state index in [2.05, 4.69) is 0 Å². The zero-order valence-corrected chi connectivity index (χ0v) is 13.0. The predicted octanol–water partition coefficient (Wildman–Crippen LogP) is 3.07. The molecule has 5 nitrogen and oxygen atoms in total. The Balaban J connectivity index is 2.41. The zero-order valence-electron chi connectivity index (χ0n) is 13.0. The van der Waals surface area contributed by atoms with E-state index in [1.165, 1.54) is 0 Å². The molecule has 1 aliphatic carbocycles. The molecule has 0 saturated heterocycles. The highest BCUT2D eigenvalue weighted by Gasteiger charge is 2.28. The number of carbonyl (C=O) groups is 3. The van der Waals surface area contributed by atoms with Gasteiger partial charge in [0.25, 0.3) is 0 Å². The van der Waals surface area contributed by atoms with Gasteiger partial charge in [0.2, 0.25) is 0 Å². The van der Waals surface area contributed by atoms with Crippen molar-refractivity contribution >= 4 is 23.3 Å². The minimum Gasteiger partial charge on any atom is -0.478 e. The summed E-state index contributed by atoms with van der Waals surface area (Å²) in [6.07, 6.45) is 3.12. The van der Waals surface area contributed by atoms with Gasteiger partial charge in [-0.2, -0.15) is 0 Å². The molecule has 1 aliphatic rings. The number of carboxylic acids is 2. The van der Waals surface area contributed by atoms with Crippen molar-refractivity contribution in [2.24, 2.45) is 5.92 Å². The summed E-state index contributed by atoms with van der Waals surface area (Å²) in [5, 5.41) is 18.9. The SMILES string of the molecule is Cc1ccc(/C(C(=O)O)=C(/CC(=O)C2CCCC2)C(=O)O)cc1. The van der Waals surface area contributed by atoms with Crippen LogP contribution in [0.2, 0.25) is 0 Å². The standard InChI is InChI=1S/C18H20O5/c1-11-6-8-13(9-7-11)16(18(22)23)14(17(20)21)10-15(19)12-4-2-3-5-12/h6-9,12H,2-5,10H2,1H3,(H,20,21)(H,22,23)/b16-14+. The van der Waals surface area contributed by atoms with Crippen LogP contribution in [0.3, 0.4) is 0 Å². The first kappa shape index (κ1) is 16.9. The highest BCUT2D eigenvalue weighted by atomic mass is 16.4. The fraction of sp³-hybridized carbons (Fsp3) is 0.389. The molecule has 0 heterocycles. The number of aryl methyl sites for hydroxylation is 1. The van der Waals surface area contributed by atoms with Gasteiger partial charge >= 0.3 is 11.9 Å². The third-order valence-corrected chi connectivity index (χ3v) is 4.28. The maximum Gasteiger partial charge on any atom is 0.336 e. The summed E-state index contributed by atoms with van der Waals surface area (Å²) in [4.78, 5) is 35.4. The number of aliphatic carboxylic acids is 2. The number of ketones is 1. The molecule has 0 atom stereocenters. The Bertz CT molecular complexity index is 648. The third-order valence-electron chi connectivity index (χ3n) is 4.28. The molecule has 0 spiro atoms. The molecular weight excluding hydrogens is 296 g/mol. The molecule has 1 saturated carbocycles. The van der Waals surface area contributed by atoms with E-state index in [1.807, 2.05) is 6.92 Å². The van der Waals surface area contributed by atoms with Gasteiger partial charge in [-0.05, 0) is 25.3 Å². The summed E-state index contributed by atoms with van der Waals surface area (Å²) in [7, 11) is 0. The van der Waals surface area contributed by atoms with E-state index in [0.29, 0.717) is 5.56 Å². The lowest BCUT2D eigenvalue weighted by atomic mass is 9.91. The van der Waals surface area contributed by atoms with E-state index < -0.39 is 11.9 Å². The maximum absolute atomic E-state index is 12.3. The van der Waals surface area contributed by atoms with E-state index in [0.717, 1.165) is 31.2 Å². The van der Waals surface area contributed by atoms with Crippen LogP contribution in [0, 0.1) is 12.8 Å². The van der Waals surface area contributed by atoms with Gasteiger partial charge in [-0.1, -0.05) is 42.7 Å². The zero-order chi connectivity index (χ0) is 17.0. The second-order valence-electron chi connectivity index (χ2n) is 5.95. The second kappa shape index (κ2) is 7.22. The molecule has 5 heteroatoms. The average molecular weight is 316 g/mol. The van der Waals surface area contributed by atoms with Crippen LogP contribution in [-0.4, -0.2) is 27.9 Å². The first-order chi connectivity index (χ1) is 10.9. The smallest absolute Gasteiger partial charge is 0.336 e. The number of Topliss-reactive ketones (excluding diaryl/α,β-unsaturated/α-hetero) is 1. The van der Waals surface area contributed by atoms with Gasteiger partial charge in [0.15, 0.2) is 0 Å². The quantitative estimate of drug-likeness (QED) is 0.787. The topological polar surface area (TPSA) is 91.7 Å². The van der Waals surface area contributed by atoms with E-state index >= 15 is 0 Å². The highest BCUT2D eigenvalue weighted by molar-refractivity contribution is 6.22. The first-order valence-corrected chi connectivity index (χ1v) is 7.69. The van der Waals surface area contributed by atoms with Crippen LogP contribution in [0.15, 0.2) is 29.8 Å². The summed E-state index contributed by atoms with van der Waals surface area (Å²) < 4.78 is 0. The molecule has 2 rings (SSSR count). The van der Waals surface area contributed by atoms with Crippen molar-refractivity contribution in [2.75, 3.05) is 0 Å². The number of carbonyl (C=O) groups excluding carboxylic acids is 1. The molecule has 0 radical (unpaired) electrons. The van der Waals surface area contributed by atoms with Gasteiger partial charge in [-0.3, -0.25) is 4.79 Å². The summed E-state index contributed by atoms with van der Waals surface area (Å²) in [6.45, 7) is 1.86. The Morgan fingerprint density at radius 3 is 2.04 bits per heavy atom. The van der Waals surface area contributed by atoms with Crippen LogP contribution < -0.4 is 0 Å². The molecular formula is C18H20O5. The summed E-state index contributed by atoms with van der Waals surface area (Å²) in [5.74, 6) is -3.00. The minimum atomic E-state index is -1.35. The largest absolute Gasteiger partial charge is 0.478 e. The molecule has 1 aromatic carbocycles. The first-order valence-electron chi connectivity index (χ1n) is 7.69. The minimum absolute atomic E-state index is 0.141. The van der Waals surface area contributed by atoms with Crippen molar-refractivity contribution < 1.29 is 24.6 Å².